The number of aryl methyl sites for hydroxylation is 2. The van der Waals surface area contributed by atoms with Crippen LogP contribution in [-0.4, -0.2) is 34.8 Å². The predicted octanol–water partition coefficient (Wildman–Crippen LogP) is 2.38. The number of hydrogen-bond acceptors (Lipinski definition) is 3. The maximum absolute atomic E-state index is 11.9. The molecule has 90 valence electrons. The van der Waals surface area contributed by atoms with E-state index >= 15 is 0 Å². The zero-order chi connectivity index (χ0) is 12.3. The lowest BCUT2D eigenvalue weighted by Gasteiger charge is -2.16. The summed E-state index contributed by atoms with van der Waals surface area (Å²) in [6.07, 6.45) is 0.760. The van der Waals surface area contributed by atoms with Crippen LogP contribution in [0.5, 0.6) is 0 Å². The van der Waals surface area contributed by atoms with Crippen LogP contribution in [0.1, 0.15) is 35.5 Å². The van der Waals surface area contributed by atoms with Gasteiger partial charge in [-0.3, -0.25) is 4.79 Å². The molecule has 0 spiro atoms. The van der Waals surface area contributed by atoms with E-state index in [-0.39, 0.29) is 11.3 Å². The number of rotatable bonds is 4. The van der Waals surface area contributed by atoms with Crippen molar-refractivity contribution in [1.29, 1.82) is 0 Å². The summed E-state index contributed by atoms with van der Waals surface area (Å²) in [6, 6.07) is 0. The molecule has 0 bridgehead atoms. The van der Waals surface area contributed by atoms with Crippen molar-refractivity contribution in [3.05, 3.63) is 17.3 Å². The molecule has 1 atom stereocenters. The monoisotopic (exact) mass is 244 g/mol. The van der Waals surface area contributed by atoms with Crippen molar-refractivity contribution in [2.75, 3.05) is 13.6 Å². The molecule has 5 heteroatoms. The molecule has 1 amide bonds. The fraction of sp³-hybridized carbons (Fsp3) is 0.636. The van der Waals surface area contributed by atoms with Gasteiger partial charge in [0.2, 0.25) is 5.76 Å². The Morgan fingerprint density at radius 3 is 2.62 bits per heavy atom. The van der Waals surface area contributed by atoms with Crippen LogP contribution >= 0.6 is 11.6 Å². The molecule has 1 heterocycles. The van der Waals surface area contributed by atoms with E-state index in [1.807, 2.05) is 6.92 Å². The van der Waals surface area contributed by atoms with E-state index in [2.05, 4.69) is 4.98 Å². The van der Waals surface area contributed by atoms with Crippen molar-refractivity contribution >= 4 is 17.5 Å². The second-order valence-electron chi connectivity index (χ2n) is 3.94. The Balaban J connectivity index is 2.67. The molecule has 16 heavy (non-hydrogen) atoms. The number of halogens is 1. The fourth-order valence-electron chi connectivity index (χ4n) is 1.38. The summed E-state index contributed by atoms with van der Waals surface area (Å²) in [6.45, 7) is 6.01. The highest BCUT2D eigenvalue weighted by molar-refractivity contribution is 6.20. The van der Waals surface area contributed by atoms with Gasteiger partial charge in [0.1, 0.15) is 0 Å². The van der Waals surface area contributed by atoms with Gasteiger partial charge in [-0.15, -0.1) is 11.6 Å². The second-order valence-corrected chi connectivity index (χ2v) is 4.69. The van der Waals surface area contributed by atoms with Crippen molar-refractivity contribution < 1.29 is 9.21 Å². The van der Waals surface area contributed by atoms with Crippen molar-refractivity contribution in [2.24, 2.45) is 0 Å². The molecule has 0 aliphatic rings. The van der Waals surface area contributed by atoms with Gasteiger partial charge in [0.25, 0.3) is 5.91 Å². The molecule has 0 saturated heterocycles. The van der Waals surface area contributed by atoms with Crippen molar-refractivity contribution in [3.8, 4) is 0 Å². The molecule has 0 saturated carbocycles. The van der Waals surface area contributed by atoms with Crippen LogP contribution in [0.15, 0.2) is 4.42 Å². The molecule has 1 rings (SSSR count). The number of aromatic nitrogens is 1. The van der Waals surface area contributed by atoms with Gasteiger partial charge in [0.05, 0.1) is 5.69 Å². The van der Waals surface area contributed by atoms with E-state index in [9.17, 15) is 4.79 Å². The SMILES string of the molecule is Cc1nc(C)c(C(=O)N(C)CCC(C)Cl)o1. The van der Waals surface area contributed by atoms with Gasteiger partial charge in [-0.25, -0.2) is 4.98 Å². The lowest BCUT2D eigenvalue weighted by molar-refractivity contribution is 0.0760. The van der Waals surface area contributed by atoms with Gasteiger partial charge in [0.15, 0.2) is 5.89 Å². The van der Waals surface area contributed by atoms with Crippen molar-refractivity contribution in [1.82, 2.24) is 9.88 Å². The number of alkyl halides is 1. The average Bonchev–Trinajstić information content (AvgIpc) is 2.53. The molecule has 4 nitrogen and oxygen atoms in total. The number of hydrogen-bond donors (Lipinski definition) is 0. The third-order valence-electron chi connectivity index (χ3n) is 2.31. The largest absolute Gasteiger partial charge is 0.436 e. The summed E-state index contributed by atoms with van der Waals surface area (Å²) in [5.74, 6) is 0.692. The molecule has 0 radical (unpaired) electrons. The highest BCUT2D eigenvalue weighted by Crippen LogP contribution is 2.12. The molecular weight excluding hydrogens is 228 g/mol. The fourth-order valence-corrected chi connectivity index (χ4v) is 1.47. The predicted molar refractivity (Wildman–Crippen MR) is 62.9 cm³/mol. The molecule has 0 N–H and O–H groups in total. The first-order chi connectivity index (χ1) is 7.41. The standard InChI is InChI=1S/C11H17ClN2O2/c1-7(12)5-6-14(4)11(15)10-8(2)13-9(3)16-10/h7H,5-6H2,1-4H3. The van der Waals surface area contributed by atoms with Crippen LogP contribution < -0.4 is 0 Å². The number of carbonyl (C=O) groups excluding carboxylic acids is 1. The molecular formula is C11H17ClN2O2. The Bertz CT molecular complexity index is 374. The van der Waals surface area contributed by atoms with E-state index in [0.29, 0.717) is 23.9 Å². The van der Waals surface area contributed by atoms with Gasteiger partial charge < -0.3 is 9.32 Å². The van der Waals surface area contributed by atoms with Crippen LogP contribution in [0.3, 0.4) is 0 Å². The van der Waals surface area contributed by atoms with Crippen LogP contribution in [0.2, 0.25) is 0 Å². The van der Waals surface area contributed by atoms with E-state index in [1.165, 1.54) is 0 Å². The summed E-state index contributed by atoms with van der Waals surface area (Å²) < 4.78 is 5.27. The average molecular weight is 245 g/mol. The summed E-state index contributed by atoms with van der Waals surface area (Å²) in [4.78, 5) is 17.6. The molecule has 0 aliphatic heterocycles. The van der Waals surface area contributed by atoms with E-state index in [1.54, 1.807) is 25.8 Å². The van der Waals surface area contributed by atoms with E-state index < -0.39 is 0 Å². The Morgan fingerprint density at radius 1 is 1.56 bits per heavy atom. The number of amides is 1. The summed E-state index contributed by atoms with van der Waals surface area (Å²) in [5.41, 5.74) is 0.633. The van der Waals surface area contributed by atoms with E-state index in [4.69, 9.17) is 16.0 Å². The Labute approximate surface area is 101 Å². The minimum Gasteiger partial charge on any atom is -0.436 e. The maximum atomic E-state index is 11.9. The first kappa shape index (κ1) is 13.0. The summed E-state index contributed by atoms with van der Waals surface area (Å²) >= 11 is 5.83. The van der Waals surface area contributed by atoms with Gasteiger partial charge in [-0.05, 0) is 20.3 Å². The van der Waals surface area contributed by atoms with Crippen LogP contribution in [0.4, 0.5) is 0 Å². The van der Waals surface area contributed by atoms with Gasteiger partial charge in [-0.2, -0.15) is 0 Å². The van der Waals surface area contributed by atoms with Crippen molar-refractivity contribution in [3.63, 3.8) is 0 Å². The minimum absolute atomic E-state index is 0.0628. The van der Waals surface area contributed by atoms with Crippen LogP contribution in [0, 0.1) is 13.8 Å². The quantitative estimate of drug-likeness (QED) is 0.764. The minimum atomic E-state index is -0.143. The first-order valence-corrected chi connectivity index (χ1v) is 5.69. The molecule has 0 fully saturated rings. The highest BCUT2D eigenvalue weighted by Gasteiger charge is 2.19. The number of nitrogens with zero attached hydrogens (tertiary/aromatic N) is 2. The topological polar surface area (TPSA) is 46.3 Å². The summed E-state index contributed by atoms with van der Waals surface area (Å²) in [7, 11) is 1.74. The molecule has 1 unspecified atom stereocenters. The number of oxazole rings is 1. The molecule has 1 aromatic heterocycles. The third kappa shape index (κ3) is 3.23. The third-order valence-corrected chi connectivity index (χ3v) is 2.52. The lowest BCUT2D eigenvalue weighted by atomic mass is 10.3. The normalized spacial score (nSPS) is 12.6. The highest BCUT2D eigenvalue weighted by atomic mass is 35.5. The zero-order valence-electron chi connectivity index (χ0n) is 10.1. The zero-order valence-corrected chi connectivity index (χ0v) is 10.8. The van der Waals surface area contributed by atoms with Crippen LogP contribution in [0.25, 0.3) is 0 Å². The van der Waals surface area contributed by atoms with E-state index in [0.717, 1.165) is 6.42 Å². The number of carbonyl (C=O) groups is 1. The maximum Gasteiger partial charge on any atom is 0.291 e. The van der Waals surface area contributed by atoms with Gasteiger partial charge >= 0.3 is 0 Å². The molecule has 0 aliphatic carbocycles. The first-order valence-electron chi connectivity index (χ1n) is 5.25. The Kier molecular flexibility index (Phi) is 4.35. The smallest absolute Gasteiger partial charge is 0.291 e. The van der Waals surface area contributed by atoms with Crippen molar-refractivity contribution in [2.45, 2.75) is 32.6 Å². The van der Waals surface area contributed by atoms with Gasteiger partial charge in [-0.1, -0.05) is 0 Å². The van der Waals surface area contributed by atoms with Crippen LogP contribution in [-0.2, 0) is 0 Å². The lowest BCUT2D eigenvalue weighted by Crippen LogP contribution is -2.29. The Morgan fingerprint density at radius 2 is 2.19 bits per heavy atom. The molecule has 0 aromatic carbocycles. The second kappa shape index (κ2) is 5.34. The Hall–Kier alpha value is -1.03. The summed E-state index contributed by atoms with van der Waals surface area (Å²) in [5, 5.41) is 0.0628. The van der Waals surface area contributed by atoms with Gasteiger partial charge in [0, 0.05) is 25.9 Å². The molecule has 1 aromatic rings.